The number of anilines is 1. The van der Waals surface area contributed by atoms with E-state index in [1.807, 2.05) is 77.1 Å². The number of hydrogen-bond acceptors (Lipinski definition) is 5. The van der Waals surface area contributed by atoms with Crippen LogP contribution in [0.4, 0.5) is 5.69 Å². The minimum atomic E-state index is -1.30. The van der Waals surface area contributed by atoms with Crippen LogP contribution in [-0.2, 0) is 19.1 Å². The molecule has 0 radical (unpaired) electrons. The molecule has 6 atom stereocenters. The highest BCUT2D eigenvalue weighted by Crippen LogP contribution is 2.54. The summed E-state index contributed by atoms with van der Waals surface area (Å²) in [5, 5.41) is 10.4. The zero-order valence-corrected chi connectivity index (χ0v) is 23.0. The van der Waals surface area contributed by atoms with E-state index in [4.69, 9.17) is 4.74 Å². The van der Waals surface area contributed by atoms with Crippen molar-refractivity contribution in [2.75, 3.05) is 31.1 Å². The van der Waals surface area contributed by atoms with Crippen molar-refractivity contribution < 1.29 is 24.2 Å². The summed E-state index contributed by atoms with van der Waals surface area (Å²) >= 11 is 0. The van der Waals surface area contributed by atoms with E-state index in [9.17, 15) is 19.5 Å². The van der Waals surface area contributed by atoms with E-state index in [0.29, 0.717) is 19.6 Å². The number of aliphatic hydroxyl groups is 1. The lowest BCUT2D eigenvalue weighted by Crippen LogP contribution is -2.59. The van der Waals surface area contributed by atoms with Crippen LogP contribution in [0.25, 0.3) is 0 Å². The van der Waals surface area contributed by atoms with Gasteiger partial charge < -0.3 is 24.5 Å². The Labute approximate surface area is 224 Å². The van der Waals surface area contributed by atoms with E-state index in [-0.39, 0.29) is 30.2 Å². The summed E-state index contributed by atoms with van der Waals surface area (Å²) in [5.74, 6) is -2.34. The van der Waals surface area contributed by atoms with Crippen LogP contribution in [0.2, 0.25) is 0 Å². The maximum atomic E-state index is 14.6. The molecule has 2 saturated heterocycles. The van der Waals surface area contributed by atoms with E-state index in [2.05, 4.69) is 0 Å². The summed E-state index contributed by atoms with van der Waals surface area (Å²) < 4.78 is 6.72. The van der Waals surface area contributed by atoms with Gasteiger partial charge in [0.2, 0.25) is 11.8 Å². The van der Waals surface area contributed by atoms with Gasteiger partial charge in [0.25, 0.3) is 5.91 Å². The Morgan fingerprint density at radius 3 is 2.39 bits per heavy atom. The molecule has 3 amide bonds. The van der Waals surface area contributed by atoms with Crippen molar-refractivity contribution in [2.45, 2.75) is 64.8 Å². The number of carbonyl (C=O) groups is 3. The number of amides is 3. The maximum Gasteiger partial charge on any atom is 0.253 e. The zero-order chi connectivity index (χ0) is 27.4. The third kappa shape index (κ3) is 3.83. The van der Waals surface area contributed by atoms with Crippen LogP contribution in [0.1, 0.15) is 38.3 Å². The maximum absolute atomic E-state index is 14.6. The van der Waals surface area contributed by atoms with E-state index >= 15 is 0 Å². The highest BCUT2D eigenvalue weighted by molar-refractivity contribution is 6.06. The highest BCUT2D eigenvalue weighted by Gasteiger charge is 2.72. The van der Waals surface area contributed by atoms with Crippen molar-refractivity contribution >= 4 is 23.4 Å². The minimum absolute atomic E-state index is 0.106. The third-order valence-corrected chi connectivity index (χ3v) is 8.70. The quantitative estimate of drug-likeness (QED) is 0.582. The van der Waals surface area contributed by atoms with Gasteiger partial charge in [-0.05, 0) is 37.3 Å². The molecule has 2 fully saturated rings. The van der Waals surface area contributed by atoms with Crippen molar-refractivity contribution in [3.63, 3.8) is 0 Å². The molecule has 4 heterocycles. The van der Waals surface area contributed by atoms with E-state index < -0.39 is 35.6 Å². The number of hydrogen-bond donors (Lipinski definition) is 1. The molecule has 0 aromatic heterocycles. The second-order valence-electron chi connectivity index (χ2n) is 11.4. The van der Waals surface area contributed by atoms with E-state index in [1.165, 1.54) is 0 Å². The van der Waals surface area contributed by atoms with Crippen molar-refractivity contribution in [1.29, 1.82) is 0 Å². The van der Waals surface area contributed by atoms with Crippen molar-refractivity contribution in [2.24, 2.45) is 17.8 Å². The van der Waals surface area contributed by atoms with Crippen LogP contribution >= 0.6 is 0 Å². The Kier molecular flexibility index (Phi) is 6.99. The molecule has 4 aliphatic heterocycles. The summed E-state index contributed by atoms with van der Waals surface area (Å²) in [4.78, 5) is 47.9. The van der Waals surface area contributed by atoms with Gasteiger partial charge in [0.1, 0.15) is 11.6 Å². The predicted molar refractivity (Wildman–Crippen MR) is 144 cm³/mol. The first-order valence-electron chi connectivity index (χ1n) is 13.8. The molecule has 1 aromatic rings. The predicted octanol–water partition coefficient (Wildman–Crippen LogP) is 2.61. The number of para-hydroxylation sites is 1. The summed E-state index contributed by atoms with van der Waals surface area (Å²) in [5.41, 5.74) is 1.44. The topological polar surface area (TPSA) is 90.4 Å². The number of nitrogens with zero attached hydrogens (tertiary/aromatic N) is 3. The van der Waals surface area contributed by atoms with Crippen molar-refractivity contribution in [3.05, 3.63) is 53.6 Å². The van der Waals surface area contributed by atoms with Crippen LogP contribution in [0.3, 0.4) is 0 Å². The second kappa shape index (κ2) is 9.97. The van der Waals surface area contributed by atoms with Crippen LogP contribution in [0.15, 0.2) is 42.5 Å². The molecular formula is C30H39N3O5. The normalized spacial score (nSPS) is 31.4. The molecule has 0 saturated carbocycles. The van der Waals surface area contributed by atoms with Gasteiger partial charge in [-0.2, -0.15) is 0 Å². The SMILES string of the molecule is CCCN1CC=C[C@H]2O[C@]34C=CCN(c5c(C)cccc5C)C(=O)C3N([C@@H](CO)C(C)C)C(=O)[C@@H]4[C@H]2C1=O. The summed E-state index contributed by atoms with van der Waals surface area (Å²) in [7, 11) is 0. The van der Waals surface area contributed by atoms with Gasteiger partial charge in [0, 0.05) is 25.3 Å². The number of ether oxygens (including phenoxy) is 1. The van der Waals surface area contributed by atoms with Crippen molar-refractivity contribution in [3.8, 4) is 0 Å². The first-order valence-corrected chi connectivity index (χ1v) is 13.8. The number of rotatable bonds is 6. The lowest BCUT2D eigenvalue weighted by Gasteiger charge is -2.40. The number of likely N-dealkylation sites (tertiary alicyclic amines) is 1. The fourth-order valence-electron chi connectivity index (χ4n) is 7.01. The molecule has 0 aliphatic carbocycles. The highest BCUT2D eigenvalue weighted by atomic mass is 16.5. The van der Waals surface area contributed by atoms with Crippen LogP contribution in [0.5, 0.6) is 0 Å². The Morgan fingerprint density at radius 2 is 1.76 bits per heavy atom. The molecule has 1 spiro atoms. The molecule has 5 rings (SSSR count). The Bertz CT molecular complexity index is 1170. The molecular weight excluding hydrogens is 482 g/mol. The van der Waals surface area contributed by atoms with Crippen molar-refractivity contribution in [1.82, 2.24) is 9.80 Å². The van der Waals surface area contributed by atoms with E-state index in [1.54, 1.807) is 14.7 Å². The number of fused-ring (bicyclic) bond motifs is 2. The third-order valence-electron chi connectivity index (χ3n) is 8.70. The number of benzene rings is 1. The minimum Gasteiger partial charge on any atom is -0.394 e. The summed E-state index contributed by atoms with van der Waals surface area (Å²) in [6, 6.07) is 4.33. The molecule has 1 unspecified atom stereocenters. The smallest absolute Gasteiger partial charge is 0.253 e. The van der Waals surface area contributed by atoms with Crippen LogP contribution < -0.4 is 4.90 Å². The lowest BCUT2D eigenvalue weighted by atomic mass is 9.77. The molecule has 8 heteroatoms. The molecule has 4 aliphatic rings. The summed E-state index contributed by atoms with van der Waals surface area (Å²) in [6.45, 7) is 10.9. The second-order valence-corrected chi connectivity index (χ2v) is 11.4. The average Bonchev–Trinajstić information content (AvgIpc) is 3.19. The van der Waals surface area contributed by atoms with Gasteiger partial charge in [-0.25, -0.2) is 0 Å². The number of aliphatic hydroxyl groups excluding tert-OH is 1. The Morgan fingerprint density at radius 1 is 1.05 bits per heavy atom. The molecule has 8 nitrogen and oxygen atoms in total. The van der Waals surface area contributed by atoms with Crippen LogP contribution in [-0.4, -0.2) is 82.7 Å². The van der Waals surface area contributed by atoms with Gasteiger partial charge >= 0.3 is 0 Å². The molecule has 1 N–H and O–H groups in total. The van der Waals surface area contributed by atoms with Gasteiger partial charge in [-0.3, -0.25) is 14.4 Å². The lowest BCUT2D eigenvalue weighted by molar-refractivity contribution is -0.147. The number of aryl methyl sites for hydroxylation is 2. The Hall–Kier alpha value is -2.97. The monoisotopic (exact) mass is 521 g/mol. The molecule has 204 valence electrons. The summed E-state index contributed by atoms with van der Waals surface area (Å²) in [6.07, 6.45) is 7.79. The number of carbonyl (C=O) groups excluding carboxylic acids is 3. The fraction of sp³-hybridized carbons (Fsp3) is 0.567. The fourth-order valence-corrected chi connectivity index (χ4v) is 7.01. The first kappa shape index (κ1) is 26.6. The molecule has 1 aromatic carbocycles. The Balaban J connectivity index is 1.67. The van der Waals surface area contributed by atoms with Crippen LogP contribution in [0, 0.1) is 31.6 Å². The first-order chi connectivity index (χ1) is 18.2. The van der Waals surface area contributed by atoms with Gasteiger partial charge in [-0.15, -0.1) is 0 Å². The largest absolute Gasteiger partial charge is 0.394 e. The molecule has 0 bridgehead atoms. The van der Waals surface area contributed by atoms with E-state index in [0.717, 1.165) is 23.2 Å². The molecule has 38 heavy (non-hydrogen) atoms. The van der Waals surface area contributed by atoms with Gasteiger partial charge in [-0.1, -0.05) is 63.3 Å². The standard InChI is InChI=1S/C30H39N3O5/c1-6-14-31-15-8-12-22-23(27(31)35)24-28(36)33(21(17-34)18(2)3)26-29(37)32(16-9-13-30(24,26)38-22)25-19(4)10-7-11-20(25)5/h7-13,18,21-24,26,34H,6,14-17H2,1-5H3/t21-,22+,23-,24-,26?,30-/m0/s1. The zero-order valence-electron chi connectivity index (χ0n) is 23.0. The van der Waals surface area contributed by atoms with Gasteiger partial charge in [0.05, 0.1) is 30.6 Å². The average molecular weight is 522 g/mol. The van der Waals surface area contributed by atoms with Gasteiger partial charge in [0.15, 0.2) is 0 Å².